The Balaban J connectivity index is 1.84. The number of hydrogen-bond donors (Lipinski definition) is 1. The molecule has 0 radical (unpaired) electrons. The topological polar surface area (TPSA) is 29.9 Å². The second kappa shape index (κ2) is 4.35. The molecule has 1 aliphatic rings. The molecule has 3 nitrogen and oxygen atoms in total. The molecule has 1 aromatic rings. The van der Waals surface area contributed by atoms with Crippen molar-refractivity contribution < 1.29 is 0 Å². The Kier molecular flexibility index (Phi) is 3.10. The molecule has 2 rings (SSSR count). The van der Waals surface area contributed by atoms with Crippen molar-refractivity contribution in [2.75, 3.05) is 0 Å². The molecule has 1 unspecified atom stereocenters. The van der Waals surface area contributed by atoms with Crippen molar-refractivity contribution in [1.82, 2.24) is 15.1 Å². The van der Waals surface area contributed by atoms with Gasteiger partial charge in [-0.05, 0) is 38.7 Å². The molecule has 0 aliphatic heterocycles. The van der Waals surface area contributed by atoms with Crippen LogP contribution in [0.4, 0.5) is 0 Å². The zero-order valence-electron chi connectivity index (χ0n) is 9.95. The van der Waals surface area contributed by atoms with Gasteiger partial charge < -0.3 is 5.32 Å². The monoisotopic (exact) mass is 207 g/mol. The standard InChI is InChI=1S/C12H21N3/c1-9-7-12(15(3)14-9)8-13-10(2)11-5-4-6-11/h7,10-11,13H,4-6,8H2,1-3H3. The molecule has 1 atom stereocenters. The third-order valence-corrected chi connectivity index (χ3v) is 3.56. The van der Waals surface area contributed by atoms with E-state index in [4.69, 9.17) is 0 Å². The van der Waals surface area contributed by atoms with Gasteiger partial charge in [0.2, 0.25) is 0 Å². The third kappa shape index (κ3) is 2.40. The van der Waals surface area contributed by atoms with E-state index < -0.39 is 0 Å². The van der Waals surface area contributed by atoms with Crippen LogP contribution in [0.5, 0.6) is 0 Å². The Morgan fingerprint density at radius 3 is 2.80 bits per heavy atom. The number of aromatic nitrogens is 2. The lowest BCUT2D eigenvalue weighted by Gasteiger charge is -2.32. The van der Waals surface area contributed by atoms with Crippen LogP contribution in [0.3, 0.4) is 0 Å². The van der Waals surface area contributed by atoms with Gasteiger partial charge in [0.05, 0.1) is 11.4 Å². The molecule has 1 aliphatic carbocycles. The van der Waals surface area contributed by atoms with Crippen molar-refractivity contribution in [2.24, 2.45) is 13.0 Å². The van der Waals surface area contributed by atoms with Crippen LogP contribution >= 0.6 is 0 Å². The molecule has 0 bridgehead atoms. The normalized spacial score (nSPS) is 18.9. The number of hydrogen-bond acceptors (Lipinski definition) is 2. The maximum absolute atomic E-state index is 4.34. The minimum absolute atomic E-state index is 0.647. The van der Waals surface area contributed by atoms with Gasteiger partial charge in [-0.1, -0.05) is 6.42 Å². The Morgan fingerprint density at radius 2 is 2.33 bits per heavy atom. The highest BCUT2D eigenvalue weighted by Gasteiger charge is 2.23. The number of nitrogens with one attached hydrogen (secondary N) is 1. The Labute approximate surface area is 91.9 Å². The molecule has 0 spiro atoms. The quantitative estimate of drug-likeness (QED) is 0.818. The predicted octanol–water partition coefficient (Wildman–Crippen LogP) is 2.01. The van der Waals surface area contributed by atoms with Gasteiger partial charge in [-0.3, -0.25) is 4.68 Å². The lowest BCUT2D eigenvalue weighted by atomic mass is 9.80. The molecule has 0 aromatic carbocycles. The van der Waals surface area contributed by atoms with Gasteiger partial charge in [-0.2, -0.15) is 5.10 Å². The van der Waals surface area contributed by atoms with E-state index in [-0.39, 0.29) is 0 Å². The molecule has 1 saturated carbocycles. The van der Waals surface area contributed by atoms with E-state index in [2.05, 4.69) is 23.4 Å². The van der Waals surface area contributed by atoms with Crippen LogP contribution in [0.1, 0.15) is 37.6 Å². The Morgan fingerprint density at radius 1 is 1.60 bits per heavy atom. The average molecular weight is 207 g/mol. The summed E-state index contributed by atoms with van der Waals surface area (Å²) in [5.41, 5.74) is 2.38. The highest BCUT2D eigenvalue weighted by Crippen LogP contribution is 2.29. The van der Waals surface area contributed by atoms with Crippen molar-refractivity contribution >= 4 is 0 Å². The fourth-order valence-electron chi connectivity index (χ4n) is 2.20. The molecular weight excluding hydrogens is 186 g/mol. The van der Waals surface area contributed by atoms with Crippen LogP contribution < -0.4 is 5.32 Å². The summed E-state index contributed by atoms with van der Waals surface area (Å²) in [7, 11) is 2.01. The van der Waals surface area contributed by atoms with Gasteiger partial charge in [-0.15, -0.1) is 0 Å². The number of nitrogens with zero attached hydrogens (tertiary/aromatic N) is 2. The molecule has 1 aromatic heterocycles. The molecule has 1 N–H and O–H groups in total. The molecule has 1 fully saturated rings. The molecule has 15 heavy (non-hydrogen) atoms. The van der Waals surface area contributed by atoms with Crippen molar-refractivity contribution in [3.05, 3.63) is 17.5 Å². The first-order chi connectivity index (χ1) is 7.16. The average Bonchev–Trinajstić information content (AvgIpc) is 2.38. The van der Waals surface area contributed by atoms with Crippen molar-refractivity contribution in [2.45, 2.75) is 45.7 Å². The Bertz CT molecular complexity index is 326. The summed E-state index contributed by atoms with van der Waals surface area (Å²) in [6.07, 6.45) is 4.22. The van der Waals surface area contributed by atoms with E-state index in [1.54, 1.807) is 0 Å². The molecule has 84 valence electrons. The van der Waals surface area contributed by atoms with Crippen molar-refractivity contribution in [1.29, 1.82) is 0 Å². The van der Waals surface area contributed by atoms with Crippen LogP contribution in [-0.2, 0) is 13.6 Å². The van der Waals surface area contributed by atoms with E-state index in [0.717, 1.165) is 18.2 Å². The molecular formula is C12H21N3. The predicted molar refractivity (Wildman–Crippen MR) is 61.6 cm³/mol. The number of rotatable bonds is 4. The van der Waals surface area contributed by atoms with Crippen LogP contribution in [0, 0.1) is 12.8 Å². The maximum atomic E-state index is 4.34. The van der Waals surface area contributed by atoms with Crippen LogP contribution in [0.15, 0.2) is 6.07 Å². The van der Waals surface area contributed by atoms with Gasteiger partial charge in [0.1, 0.15) is 0 Å². The second-order valence-electron chi connectivity index (χ2n) is 4.76. The van der Waals surface area contributed by atoms with Gasteiger partial charge in [0, 0.05) is 19.6 Å². The number of aryl methyl sites for hydroxylation is 2. The third-order valence-electron chi connectivity index (χ3n) is 3.56. The van der Waals surface area contributed by atoms with E-state index in [1.165, 1.54) is 25.0 Å². The van der Waals surface area contributed by atoms with Crippen LogP contribution in [-0.4, -0.2) is 15.8 Å². The minimum atomic E-state index is 0.647. The summed E-state index contributed by atoms with van der Waals surface area (Å²) < 4.78 is 1.97. The van der Waals surface area contributed by atoms with Crippen LogP contribution in [0.25, 0.3) is 0 Å². The van der Waals surface area contributed by atoms with Gasteiger partial charge in [0.25, 0.3) is 0 Å². The fourth-order valence-corrected chi connectivity index (χ4v) is 2.20. The highest BCUT2D eigenvalue weighted by molar-refractivity contribution is 5.08. The zero-order valence-corrected chi connectivity index (χ0v) is 9.95. The minimum Gasteiger partial charge on any atom is -0.308 e. The Hall–Kier alpha value is -0.830. The lowest BCUT2D eigenvalue weighted by Crippen LogP contribution is -2.36. The first kappa shape index (κ1) is 10.7. The van der Waals surface area contributed by atoms with Crippen LogP contribution in [0.2, 0.25) is 0 Å². The summed E-state index contributed by atoms with van der Waals surface area (Å²) in [5, 5.41) is 7.94. The molecule has 0 amide bonds. The fraction of sp³-hybridized carbons (Fsp3) is 0.750. The lowest BCUT2D eigenvalue weighted by molar-refractivity contribution is 0.239. The molecule has 1 heterocycles. The molecule has 3 heteroatoms. The van der Waals surface area contributed by atoms with Crippen molar-refractivity contribution in [3.8, 4) is 0 Å². The molecule has 0 saturated heterocycles. The second-order valence-corrected chi connectivity index (χ2v) is 4.76. The smallest absolute Gasteiger partial charge is 0.0597 e. The van der Waals surface area contributed by atoms with Crippen molar-refractivity contribution in [3.63, 3.8) is 0 Å². The van der Waals surface area contributed by atoms with E-state index >= 15 is 0 Å². The van der Waals surface area contributed by atoms with Gasteiger partial charge >= 0.3 is 0 Å². The summed E-state index contributed by atoms with van der Waals surface area (Å²) >= 11 is 0. The first-order valence-electron chi connectivity index (χ1n) is 5.89. The SMILES string of the molecule is Cc1cc(CNC(C)C2CCC2)n(C)n1. The van der Waals surface area contributed by atoms with E-state index in [9.17, 15) is 0 Å². The zero-order chi connectivity index (χ0) is 10.8. The van der Waals surface area contributed by atoms with Gasteiger partial charge in [0.15, 0.2) is 0 Å². The van der Waals surface area contributed by atoms with E-state index in [0.29, 0.717) is 6.04 Å². The highest BCUT2D eigenvalue weighted by atomic mass is 15.3. The maximum Gasteiger partial charge on any atom is 0.0597 e. The van der Waals surface area contributed by atoms with Gasteiger partial charge in [-0.25, -0.2) is 0 Å². The first-order valence-corrected chi connectivity index (χ1v) is 5.89. The summed E-state index contributed by atoms with van der Waals surface area (Å²) in [5.74, 6) is 0.902. The van der Waals surface area contributed by atoms with E-state index in [1.807, 2.05) is 18.7 Å². The summed E-state index contributed by atoms with van der Waals surface area (Å²) in [6, 6.07) is 2.80. The largest absolute Gasteiger partial charge is 0.308 e. The summed E-state index contributed by atoms with van der Waals surface area (Å²) in [6.45, 7) is 5.28. The summed E-state index contributed by atoms with van der Waals surface area (Å²) in [4.78, 5) is 0.